The second kappa shape index (κ2) is 9.01. The fourth-order valence-electron chi connectivity index (χ4n) is 1.27. The number of anilines is 1. The molecule has 0 fully saturated rings. The van der Waals surface area contributed by atoms with E-state index in [2.05, 4.69) is 26.0 Å². The Balaban J connectivity index is 2.09. The summed E-state index contributed by atoms with van der Waals surface area (Å²) in [5.41, 5.74) is 5.72. The second-order valence-corrected chi connectivity index (χ2v) is 4.60. The maximum atomic E-state index is 11.7. The van der Waals surface area contributed by atoms with Crippen molar-refractivity contribution < 1.29 is 9.83 Å². The van der Waals surface area contributed by atoms with E-state index in [1.807, 2.05) is 0 Å². The molecule has 1 aromatic rings. The minimum atomic E-state index is -0.874. The number of nitrogens with one attached hydrogen (secondary N) is 2. The number of hydrogen-bond donors (Lipinski definition) is 3. The molecule has 0 aliphatic heterocycles. The zero-order valence-electron chi connectivity index (χ0n) is 10.6. The lowest BCUT2D eigenvalue weighted by molar-refractivity contribution is -0.494. The van der Waals surface area contributed by atoms with Crippen molar-refractivity contribution in [2.24, 2.45) is 16.1 Å². The molecule has 0 bridgehead atoms. The van der Waals surface area contributed by atoms with Crippen molar-refractivity contribution in [3.05, 3.63) is 21.7 Å². The van der Waals surface area contributed by atoms with Crippen LogP contribution in [0.2, 0.25) is 0 Å². The standard InChI is InChI=1S/C9H15N7O3S/c10-7(8(17)14-9-12-4-5-20-9)2-1-3-11-6-13-15-16(18)19/h4-5,7,11H,1-3,6,10H2,(H,12,14,17). The van der Waals surface area contributed by atoms with Crippen LogP contribution in [0.1, 0.15) is 12.8 Å². The maximum absolute atomic E-state index is 11.7. The van der Waals surface area contributed by atoms with Crippen LogP contribution >= 0.6 is 11.3 Å². The first-order chi connectivity index (χ1) is 9.59. The Morgan fingerprint density at radius 2 is 2.45 bits per heavy atom. The number of thiazole rings is 1. The van der Waals surface area contributed by atoms with Gasteiger partial charge in [-0.25, -0.2) is 4.98 Å². The number of nitro groups is 1. The molecule has 20 heavy (non-hydrogen) atoms. The molecule has 1 atom stereocenters. The zero-order valence-corrected chi connectivity index (χ0v) is 11.4. The lowest BCUT2D eigenvalue weighted by Gasteiger charge is -2.10. The average molecular weight is 301 g/mol. The van der Waals surface area contributed by atoms with Gasteiger partial charge in [0.05, 0.1) is 16.2 Å². The summed E-state index contributed by atoms with van der Waals surface area (Å²) < 4.78 is 0. The van der Waals surface area contributed by atoms with Crippen LogP contribution in [-0.4, -0.2) is 35.2 Å². The Morgan fingerprint density at radius 3 is 3.10 bits per heavy atom. The van der Waals surface area contributed by atoms with Gasteiger partial charge >= 0.3 is 0 Å². The van der Waals surface area contributed by atoms with E-state index in [1.165, 1.54) is 11.3 Å². The largest absolute Gasteiger partial charge is 0.337 e. The van der Waals surface area contributed by atoms with Gasteiger partial charge in [-0.1, -0.05) is 0 Å². The fraction of sp³-hybridized carbons (Fsp3) is 0.556. The molecular weight excluding hydrogens is 286 g/mol. The van der Waals surface area contributed by atoms with Crippen molar-refractivity contribution in [2.75, 3.05) is 18.5 Å². The first-order valence-corrected chi connectivity index (χ1v) is 6.66. The summed E-state index contributed by atoms with van der Waals surface area (Å²) >= 11 is 1.32. The summed E-state index contributed by atoms with van der Waals surface area (Å²) in [7, 11) is 0. The Bertz CT molecular complexity index is 450. The van der Waals surface area contributed by atoms with Crippen LogP contribution in [0.15, 0.2) is 21.9 Å². The summed E-state index contributed by atoms with van der Waals surface area (Å²) in [6.45, 7) is 0.594. The molecule has 0 aliphatic carbocycles. The molecule has 0 radical (unpaired) electrons. The van der Waals surface area contributed by atoms with Gasteiger partial charge in [-0.3, -0.25) is 10.1 Å². The molecule has 0 saturated carbocycles. The SMILES string of the molecule is NC(CCCNCN=N[N+](=O)[O-])C(=O)Nc1nccs1. The van der Waals surface area contributed by atoms with Crippen molar-refractivity contribution in [1.82, 2.24) is 10.3 Å². The number of nitrogens with two attached hydrogens (primary N) is 1. The lowest BCUT2D eigenvalue weighted by atomic mass is 10.1. The third-order valence-corrected chi connectivity index (χ3v) is 2.88. The van der Waals surface area contributed by atoms with E-state index < -0.39 is 11.1 Å². The molecule has 11 heteroatoms. The van der Waals surface area contributed by atoms with E-state index in [9.17, 15) is 14.9 Å². The van der Waals surface area contributed by atoms with E-state index >= 15 is 0 Å². The van der Waals surface area contributed by atoms with Gasteiger partial charge in [0.15, 0.2) is 10.4 Å². The predicted octanol–water partition coefficient (Wildman–Crippen LogP) is 0.380. The van der Waals surface area contributed by atoms with Gasteiger partial charge in [0.25, 0.3) is 0 Å². The number of nitrogens with zero attached hydrogens (tertiary/aromatic N) is 4. The maximum Gasteiger partial charge on any atom is 0.243 e. The molecule has 0 aliphatic rings. The highest BCUT2D eigenvalue weighted by atomic mass is 32.1. The highest BCUT2D eigenvalue weighted by Gasteiger charge is 2.13. The van der Waals surface area contributed by atoms with E-state index in [4.69, 9.17) is 5.73 Å². The quantitative estimate of drug-likeness (QED) is 0.260. The molecule has 1 aromatic heterocycles. The molecule has 1 heterocycles. The molecule has 110 valence electrons. The number of carbonyl (C=O) groups is 1. The summed E-state index contributed by atoms with van der Waals surface area (Å²) in [5, 5.41) is 22.6. The summed E-state index contributed by atoms with van der Waals surface area (Å²) in [6, 6.07) is -0.624. The van der Waals surface area contributed by atoms with Crippen molar-refractivity contribution in [3.8, 4) is 0 Å². The van der Waals surface area contributed by atoms with E-state index in [0.29, 0.717) is 24.5 Å². The van der Waals surface area contributed by atoms with Gasteiger partial charge in [0.1, 0.15) is 0 Å². The lowest BCUT2D eigenvalue weighted by Crippen LogP contribution is -2.36. The molecule has 0 aromatic carbocycles. The van der Waals surface area contributed by atoms with E-state index in [0.717, 1.165) is 0 Å². The molecule has 0 spiro atoms. The molecule has 1 amide bonds. The zero-order chi connectivity index (χ0) is 14.8. The van der Waals surface area contributed by atoms with Crippen molar-refractivity contribution in [1.29, 1.82) is 0 Å². The Kier molecular flexibility index (Phi) is 7.24. The van der Waals surface area contributed by atoms with Gasteiger partial charge in [-0.15, -0.1) is 11.3 Å². The number of carbonyl (C=O) groups excluding carboxylic acids is 1. The van der Waals surface area contributed by atoms with Crippen LogP contribution in [0.4, 0.5) is 5.13 Å². The Morgan fingerprint density at radius 1 is 1.65 bits per heavy atom. The first-order valence-electron chi connectivity index (χ1n) is 5.78. The molecule has 1 unspecified atom stereocenters. The Hall–Kier alpha value is -1.98. The molecule has 1 rings (SSSR count). The van der Waals surface area contributed by atoms with Crippen LogP contribution in [-0.2, 0) is 4.79 Å². The van der Waals surface area contributed by atoms with Crippen molar-refractivity contribution in [3.63, 3.8) is 0 Å². The normalized spacial score (nSPS) is 12.4. The summed E-state index contributed by atoms with van der Waals surface area (Å²) in [4.78, 5) is 25.4. The monoisotopic (exact) mass is 301 g/mol. The van der Waals surface area contributed by atoms with Crippen LogP contribution < -0.4 is 16.4 Å². The van der Waals surface area contributed by atoms with Gasteiger partial charge in [0.2, 0.25) is 12.6 Å². The highest BCUT2D eigenvalue weighted by Crippen LogP contribution is 2.10. The summed E-state index contributed by atoms with van der Waals surface area (Å²) in [5.74, 6) is -0.284. The van der Waals surface area contributed by atoms with E-state index in [-0.39, 0.29) is 12.6 Å². The van der Waals surface area contributed by atoms with E-state index in [1.54, 1.807) is 11.6 Å². The summed E-state index contributed by atoms with van der Waals surface area (Å²) in [6.07, 6.45) is 2.71. The van der Waals surface area contributed by atoms with Crippen molar-refractivity contribution >= 4 is 22.4 Å². The number of aromatic nitrogens is 1. The van der Waals surface area contributed by atoms with Crippen LogP contribution in [0.5, 0.6) is 0 Å². The average Bonchev–Trinajstić information content (AvgIpc) is 2.89. The van der Waals surface area contributed by atoms with Gasteiger partial charge in [-0.2, -0.15) is 0 Å². The third-order valence-electron chi connectivity index (χ3n) is 2.19. The van der Waals surface area contributed by atoms with Gasteiger partial charge < -0.3 is 21.2 Å². The van der Waals surface area contributed by atoms with Crippen molar-refractivity contribution in [2.45, 2.75) is 18.9 Å². The Labute approximate surface area is 118 Å². The molecule has 4 N–H and O–H groups in total. The highest BCUT2D eigenvalue weighted by molar-refractivity contribution is 7.13. The van der Waals surface area contributed by atoms with Crippen LogP contribution in [0.3, 0.4) is 0 Å². The number of hydrogen-bond acceptors (Lipinski definition) is 8. The minimum Gasteiger partial charge on any atom is -0.337 e. The molecule has 0 saturated heterocycles. The third kappa shape index (κ3) is 6.82. The van der Waals surface area contributed by atoms with Gasteiger partial charge in [0, 0.05) is 11.6 Å². The molecule has 10 nitrogen and oxygen atoms in total. The number of amides is 1. The minimum absolute atomic E-state index is 0.0571. The van der Waals surface area contributed by atoms with Crippen LogP contribution in [0, 0.1) is 10.1 Å². The topological polar surface area (TPSA) is 148 Å². The van der Waals surface area contributed by atoms with Crippen LogP contribution in [0.25, 0.3) is 0 Å². The fourth-order valence-corrected chi connectivity index (χ4v) is 1.81. The second-order valence-electron chi connectivity index (χ2n) is 3.70. The van der Waals surface area contributed by atoms with Gasteiger partial charge in [-0.05, 0) is 19.4 Å². The molecular formula is C9H15N7O3S. The first kappa shape index (κ1) is 16.1. The smallest absolute Gasteiger partial charge is 0.243 e. The predicted molar refractivity (Wildman–Crippen MR) is 72.7 cm³/mol. The number of rotatable bonds is 9.